The SMILES string of the molecule is COc1cc(C)c(O)c(C=N[C@@H]2CCCC[C@H]2NC(=S)N[C@H](C(=O)NCc2ccccc2)C(C)(C)C)c1. The van der Waals surface area contributed by atoms with Gasteiger partial charge in [0.1, 0.15) is 17.5 Å². The van der Waals surface area contributed by atoms with E-state index in [-0.39, 0.29) is 29.2 Å². The first kappa shape index (κ1) is 28.4. The van der Waals surface area contributed by atoms with Gasteiger partial charge in [-0.3, -0.25) is 9.79 Å². The highest BCUT2D eigenvalue weighted by atomic mass is 32.1. The minimum Gasteiger partial charge on any atom is -0.507 e. The van der Waals surface area contributed by atoms with Crippen molar-refractivity contribution in [3.63, 3.8) is 0 Å². The van der Waals surface area contributed by atoms with Gasteiger partial charge in [0.15, 0.2) is 5.11 Å². The molecule has 3 atom stereocenters. The monoisotopic (exact) mass is 524 g/mol. The van der Waals surface area contributed by atoms with Gasteiger partial charge in [0.2, 0.25) is 5.91 Å². The third-order valence-corrected chi connectivity index (χ3v) is 6.94. The van der Waals surface area contributed by atoms with Crippen LogP contribution in [0.15, 0.2) is 47.5 Å². The molecule has 1 amide bonds. The number of aliphatic imine (C=N–C) groups is 1. The summed E-state index contributed by atoms with van der Waals surface area (Å²) in [5.74, 6) is 0.790. The number of phenolic OH excluding ortho intramolecular Hbond substituents is 1. The summed E-state index contributed by atoms with van der Waals surface area (Å²) >= 11 is 5.67. The Morgan fingerprint density at radius 3 is 2.59 bits per heavy atom. The molecule has 0 aliphatic heterocycles. The van der Waals surface area contributed by atoms with Gasteiger partial charge in [-0.05, 0) is 60.7 Å². The highest BCUT2D eigenvalue weighted by Crippen LogP contribution is 2.28. The van der Waals surface area contributed by atoms with E-state index >= 15 is 0 Å². The lowest BCUT2D eigenvalue weighted by atomic mass is 9.86. The summed E-state index contributed by atoms with van der Waals surface area (Å²) in [5, 5.41) is 20.6. The maximum Gasteiger partial charge on any atom is 0.243 e. The Morgan fingerprint density at radius 1 is 1.22 bits per heavy atom. The molecule has 0 saturated heterocycles. The fourth-order valence-electron chi connectivity index (χ4n) is 4.53. The summed E-state index contributed by atoms with van der Waals surface area (Å²) in [5.41, 5.74) is 2.07. The van der Waals surface area contributed by atoms with E-state index in [4.69, 9.17) is 21.9 Å². The van der Waals surface area contributed by atoms with E-state index in [1.54, 1.807) is 25.5 Å². The Balaban J connectivity index is 1.66. The summed E-state index contributed by atoms with van der Waals surface area (Å²) in [7, 11) is 1.61. The van der Waals surface area contributed by atoms with E-state index in [9.17, 15) is 9.90 Å². The molecule has 1 aliphatic carbocycles. The molecule has 7 nitrogen and oxygen atoms in total. The second kappa shape index (κ2) is 12.9. The van der Waals surface area contributed by atoms with Crippen LogP contribution in [0.25, 0.3) is 0 Å². The number of thiocarbonyl (C=S) groups is 1. The zero-order valence-electron chi connectivity index (χ0n) is 22.5. The van der Waals surface area contributed by atoms with Crippen LogP contribution in [0.2, 0.25) is 0 Å². The zero-order chi connectivity index (χ0) is 27.0. The van der Waals surface area contributed by atoms with Crippen LogP contribution in [0.3, 0.4) is 0 Å². The molecule has 8 heteroatoms. The molecule has 1 saturated carbocycles. The molecule has 2 aromatic carbocycles. The molecule has 37 heavy (non-hydrogen) atoms. The van der Waals surface area contributed by atoms with Crippen molar-refractivity contribution in [2.45, 2.75) is 78.0 Å². The number of hydrogen-bond acceptors (Lipinski definition) is 5. The second-order valence-electron chi connectivity index (χ2n) is 10.7. The highest BCUT2D eigenvalue weighted by Gasteiger charge is 2.33. The molecule has 0 bridgehead atoms. The Kier molecular flexibility index (Phi) is 9.92. The van der Waals surface area contributed by atoms with E-state index in [0.29, 0.717) is 23.0 Å². The van der Waals surface area contributed by atoms with Crippen molar-refractivity contribution in [1.29, 1.82) is 0 Å². The Bertz CT molecular complexity index is 1100. The molecule has 0 unspecified atom stereocenters. The van der Waals surface area contributed by atoms with Crippen molar-refractivity contribution in [1.82, 2.24) is 16.0 Å². The average Bonchev–Trinajstić information content (AvgIpc) is 2.87. The number of methoxy groups -OCH3 is 1. The lowest BCUT2D eigenvalue weighted by Gasteiger charge is -2.34. The standard InChI is InChI=1S/C29H40N4O3S/c1-19-15-22(36-5)16-21(25(19)34)18-30-23-13-9-10-14-24(23)32-28(37)33-26(29(2,3)4)27(35)31-17-20-11-7-6-8-12-20/h6-8,11-12,15-16,18,23-24,26,34H,9-10,13-14,17H2,1-5H3,(H,31,35)(H2,32,33,37)/t23-,24-,26-/m1/s1. The number of ether oxygens (including phenoxy) is 1. The van der Waals surface area contributed by atoms with E-state index in [1.165, 1.54) is 0 Å². The first-order valence-corrected chi connectivity index (χ1v) is 13.3. The normalized spacial score (nSPS) is 18.7. The number of rotatable bonds is 8. The van der Waals surface area contributed by atoms with Gasteiger partial charge in [-0.1, -0.05) is 63.9 Å². The molecular weight excluding hydrogens is 484 g/mol. The number of benzene rings is 2. The van der Waals surface area contributed by atoms with Crippen molar-refractivity contribution >= 4 is 29.5 Å². The van der Waals surface area contributed by atoms with Gasteiger partial charge in [0.25, 0.3) is 0 Å². The third-order valence-electron chi connectivity index (χ3n) is 6.70. The number of carbonyl (C=O) groups excluding carboxylic acids is 1. The smallest absolute Gasteiger partial charge is 0.243 e. The third kappa shape index (κ3) is 8.18. The van der Waals surface area contributed by atoms with E-state index in [2.05, 4.69) is 16.0 Å². The average molecular weight is 525 g/mol. The number of aryl methyl sites for hydroxylation is 1. The molecule has 1 aliphatic rings. The number of amides is 1. The first-order chi connectivity index (χ1) is 17.6. The van der Waals surface area contributed by atoms with Gasteiger partial charge in [-0.2, -0.15) is 0 Å². The van der Waals surface area contributed by atoms with Crippen molar-refractivity contribution in [2.24, 2.45) is 10.4 Å². The van der Waals surface area contributed by atoms with Crippen molar-refractivity contribution in [3.05, 3.63) is 59.2 Å². The van der Waals surface area contributed by atoms with Gasteiger partial charge >= 0.3 is 0 Å². The first-order valence-electron chi connectivity index (χ1n) is 12.9. The minimum atomic E-state index is -0.501. The lowest BCUT2D eigenvalue weighted by molar-refractivity contribution is -0.125. The van der Waals surface area contributed by atoms with Crippen LogP contribution in [0.1, 0.15) is 63.1 Å². The fourth-order valence-corrected chi connectivity index (χ4v) is 4.80. The highest BCUT2D eigenvalue weighted by molar-refractivity contribution is 7.80. The fraction of sp³-hybridized carbons (Fsp3) is 0.483. The summed E-state index contributed by atoms with van der Waals surface area (Å²) < 4.78 is 5.34. The predicted molar refractivity (Wildman–Crippen MR) is 153 cm³/mol. The summed E-state index contributed by atoms with van der Waals surface area (Å²) in [4.78, 5) is 17.9. The quantitative estimate of drug-likeness (QED) is 0.297. The largest absolute Gasteiger partial charge is 0.507 e. The van der Waals surface area contributed by atoms with Gasteiger partial charge in [-0.15, -0.1) is 0 Å². The summed E-state index contributed by atoms with van der Waals surface area (Å²) in [6.07, 6.45) is 5.72. The maximum absolute atomic E-state index is 13.1. The molecule has 0 spiro atoms. The van der Waals surface area contributed by atoms with E-state index < -0.39 is 6.04 Å². The van der Waals surface area contributed by atoms with Crippen LogP contribution in [-0.2, 0) is 11.3 Å². The number of nitrogens with zero attached hydrogens (tertiary/aromatic N) is 1. The van der Waals surface area contributed by atoms with Crippen molar-refractivity contribution in [2.75, 3.05) is 7.11 Å². The van der Waals surface area contributed by atoms with Crippen LogP contribution in [0.4, 0.5) is 0 Å². The lowest BCUT2D eigenvalue weighted by Crippen LogP contribution is -2.58. The molecular formula is C29H40N4O3S. The van der Waals surface area contributed by atoms with Crippen LogP contribution < -0.4 is 20.7 Å². The topological polar surface area (TPSA) is 95.0 Å². The molecule has 0 aromatic heterocycles. The van der Waals surface area contributed by atoms with Crippen molar-refractivity contribution in [3.8, 4) is 11.5 Å². The Hall–Kier alpha value is -3.13. The molecule has 0 radical (unpaired) electrons. The van der Waals surface area contributed by atoms with E-state index in [1.807, 2.05) is 58.0 Å². The Morgan fingerprint density at radius 2 is 1.92 bits per heavy atom. The number of aromatic hydroxyl groups is 1. The summed E-state index contributed by atoms with van der Waals surface area (Å²) in [6, 6.07) is 13.0. The minimum absolute atomic E-state index is 0.000555. The second-order valence-corrected chi connectivity index (χ2v) is 11.1. The Labute approximate surface area is 226 Å². The van der Waals surface area contributed by atoms with Gasteiger partial charge in [0, 0.05) is 18.3 Å². The molecule has 3 rings (SSSR count). The zero-order valence-corrected chi connectivity index (χ0v) is 23.3. The summed E-state index contributed by atoms with van der Waals surface area (Å²) in [6.45, 7) is 8.36. The van der Waals surface area contributed by atoms with Crippen LogP contribution >= 0.6 is 12.2 Å². The molecule has 0 heterocycles. The van der Waals surface area contributed by atoms with Gasteiger partial charge in [-0.25, -0.2) is 0 Å². The van der Waals surface area contributed by atoms with Crippen LogP contribution in [0.5, 0.6) is 11.5 Å². The van der Waals surface area contributed by atoms with Gasteiger partial charge in [0.05, 0.1) is 19.2 Å². The number of nitrogens with one attached hydrogen (secondary N) is 3. The van der Waals surface area contributed by atoms with Crippen LogP contribution in [0, 0.1) is 12.3 Å². The molecule has 1 fully saturated rings. The predicted octanol–water partition coefficient (Wildman–Crippen LogP) is 4.63. The number of hydrogen-bond donors (Lipinski definition) is 4. The van der Waals surface area contributed by atoms with E-state index in [0.717, 1.165) is 36.8 Å². The number of carbonyl (C=O) groups is 1. The molecule has 2 aromatic rings. The molecule has 200 valence electrons. The van der Waals surface area contributed by atoms with Crippen molar-refractivity contribution < 1.29 is 14.6 Å². The van der Waals surface area contributed by atoms with Crippen LogP contribution in [-0.4, -0.2) is 47.6 Å². The number of phenols is 1. The molecule has 4 N–H and O–H groups in total. The maximum atomic E-state index is 13.1. The van der Waals surface area contributed by atoms with Gasteiger partial charge < -0.3 is 25.8 Å².